The first-order valence-corrected chi connectivity index (χ1v) is 12.7. The maximum absolute atomic E-state index is 16.0. The van der Waals surface area contributed by atoms with Gasteiger partial charge in [-0.15, -0.1) is 0 Å². The molecule has 6 heteroatoms. The lowest BCUT2D eigenvalue weighted by Crippen LogP contribution is -2.30. The molecule has 0 aliphatic carbocycles. The topological polar surface area (TPSA) is 57.7 Å². The van der Waals surface area contributed by atoms with Crippen LogP contribution < -0.4 is 4.74 Å². The Hall–Kier alpha value is -3.51. The van der Waals surface area contributed by atoms with E-state index < -0.39 is 17.7 Å². The minimum atomic E-state index is -1.13. The largest absolute Gasteiger partial charge is 0.493 e. The third kappa shape index (κ3) is 4.44. The number of halogens is 1. The van der Waals surface area contributed by atoms with Crippen molar-refractivity contribution in [1.29, 1.82) is 0 Å². The molecule has 0 saturated carbocycles. The molecule has 3 aromatic carbocycles. The second-order valence-corrected chi connectivity index (χ2v) is 10.5. The number of fused-ring (bicyclic) bond motifs is 1. The molecule has 0 amide bonds. The Labute approximate surface area is 216 Å². The van der Waals surface area contributed by atoms with E-state index in [1.807, 2.05) is 64.1 Å². The molecule has 5 nitrogen and oxygen atoms in total. The highest BCUT2D eigenvalue weighted by molar-refractivity contribution is 6.09. The van der Waals surface area contributed by atoms with Crippen molar-refractivity contribution in [2.45, 2.75) is 59.7 Å². The summed E-state index contributed by atoms with van der Waals surface area (Å²) in [5.41, 5.74) is 4.49. The molecule has 0 saturated heterocycles. The third-order valence-corrected chi connectivity index (χ3v) is 6.76. The van der Waals surface area contributed by atoms with Crippen molar-refractivity contribution in [2.75, 3.05) is 13.2 Å². The van der Waals surface area contributed by atoms with Gasteiger partial charge in [-0.05, 0) is 87.9 Å². The van der Waals surface area contributed by atoms with Crippen molar-refractivity contribution >= 4 is 27.6 Å². The van der Waals surface area contributed by atoms with Gasteiger partial charge in [-0.1, -0.05) is 17.7 Å². The molecule has 1 unspecified atom stereocenters. The van der Waals surface area contributed by atoms with Crippen LogP contribution in [-0.2, 0) is 20.7 Å². The molecular formula is C31H32FNO4. The molecule has 0 fully saturated rings. The van der Waals surface area contributed by atoms with E-state index in [1.165, 1.54) is 0 Å². The lowest BCUT2D eigenvalue weighted by molar-refractivity contribution is -0.166. The van der Waals surface area contributed by atoms with Crippen LogP contribution >= 0.6 is 0 Å². The zero-order valence-corrected chi connectivity index (χ0v) is 22.2. The maximum atomic E-state index is 16.0. The van der Waals surface area contributed by atoms with Gasteiger partial charge in [0.2, 0.25) is 0 Å². The lowest BCUT2D eigenvalue weighted by atomic mass is 9.84. The van der Waals surface area contributed by atoms with Gasteiger partial charge in [0.05, 0.1) is 24.3 Å². The Morgan fingerprint density at radius 1 is 1.14 bits per heavy atom. The normalized spacial score (nSPS) is 14.0. The smallest absolute Gasteiger partial charge is 0.339 e. The first-order valence-electron chi connectivity index (χ1n) is 12.7. The van der Waals surface area contributed by atoms with Gasteiger partial charge in [-0.25, -0.2) is 9.18 Å². The van der Waals surface area contributed by atoms with E-state index in [4.69, 9.17) is 19.2 Å². The van der Waals surface area contributed by atoms with Crippen LogP contribution in [0, 0.1) is 19.7 Å². The third-order valence-electron chi connectivity index (χ3n) is 6.76. The van der Waals surface area contributed by atoms with E-state index >= 15 is 4.39 Å². The number of esters is 1. The number of aryl methyl sites for hydroxylation is 1. The van der Waals surface area contributed by atoms with Gasteiger partial charge >= 0.3 is 5.97 Å². The van der Waals surface area contributed by atoms with Crippen LogP contribution in [0.15, 0.2) is 42.6 Å². The predicted octanol–water partition coefficient (Wildman–Crippen LogP) is 7.17. The zero-order valence-electron chi connectivity index (χ0n) is 22.2. The number of pyridine rings is 1. The van der Waals surface area contributed by atoms with Gasteiger partial charge < -0.3 is 14.2 Å². The Morgan fingerprint density at radius 2 is 1.92 bits per heavy atom. The highest BCUT2D eigenvalue weighted by atomic mass is 19.1. The van der Waals surface area contributed by atoms with Crippen molar-refractivity contribution in [3.05, 3.63) is 70.7 Å². The summed E-state index contributed by atoms with van der Waals surface area (Å²) in [6.07, 6.45) is 1.45. The molecule has 37 heavy (non-hydrogen) atoms. The van der Waals surface area contributed by atoms with Crippen LogP contribution in [0.1, 0.15) is 56.1 Å². The maximum Gasteiger partial charge on any atom is 0.339 e. The Morgan fingerprint density at radius 3 is 2.65 bits per heavy atom. The van der Waals surface area contributed by atoms with Crippen LogP contribution in [-0.4, -0.2) is 29.8 Å². The van der Waals surface area contributed by atoms with E-state index in [9.17, 15) is 4.79 Å². The molecule has 0 bridgehead atoms. The van der Waals surface area contributed by atoms with E-state index in [2.05, 4.69) is 0 Å². The lowest BCUT2D eigenvalue weighted by Gasteiger charge is -2.30. The molecule has 4 aromatic rings. The van der Waals surface area contributed by atoms with Crippen LogP contribution in [0.5, 0.6) is 5.75 Å². The summed E-state index contributed by atoms with van der Waals surface area (Å²) in [4.78, 5) is 18.1. The number of hydrogen-bond donors (Lipinski definition) is 0. The average Bonchev–Trinajstić information content (AvgIpc) is 2.85. The SMILES string of the molecule is CCOC(=O)C(OC(C)(C)C)c1c(C)c(F)c2cc(C)ccc2c1-c1ccc2c3c(ccnc13)CCO2. The Kier molecular flexibility index (Phi) is 6.40. The van der Waals surface area contributed by atoms with Gasteiger partial charge in [0.15, 0.2) is 6.10 Å². The number of carbonyl (C=O) groups excluding carboxylic acids is 1. The molecule has 1 atom stereocenters. The van der Waals surface area contributed by atoms with Crippen molar-refractivity contribution < 1.29 is 23.4 Å². The number of ether oxygens (including phenoxy) is 3. The monoisotopic (exact) mass is 501 g/mol. The molecular weight excluding hydrogens is 469 g/mol. The van der Waals surface area contributed by atoms with Gasteiger partial charge in [0, 0.05) is 34.5 Å². The minimum absolute atomic E-state index is 0.187. The van der Waals surface area contributed by atoms with Gasteiger partial charge in [0.25, 0.3) is 0 Å². The van der Waals surface area contributed by atoms with Gasteiger partial charge in [0.1, 0.15) is 11.6 Å². The number of aromatic nitrogens is 1. The number of carbonyl (C=O) groups is 1. The fourth-order valence-corrected chi connectivity index (χ4v) is 5.23. The van der Waals surface area contributed by atoms with Crippen molar-refractivity contribution in [3.63, 3.8) is 0 Å². The number of rotatable bonds is 5. The summed E-state index contributed by atoms with van der Waals surface area (Å²) in [7, 11) is 0. The minimum Gasteiger partial charge on any atom is -0.493 e. The Balaban J connectivity index is 1.93. The zero-order chi connectivity index (χ0) is 26.5. The van der Waals surface area contributed by atoms with E-state index in [1.54, 1.807) is 20.0 Å². The van der Waals surface area contributed by atoms with Crippen molar-refractivity contribution in [2.24, 2.45) is 0 Å². The highest BCUT2D eigenvalue weighted by Gasteiger charge is 2.35. The average molecular weight is 502 g/mol. The standard InChI is InChI=1S/C31H32FNO4/c1-7-35-30(34)29(37-31(4,5)6)24-18(3)27(32)22-16-17(2)8-9-20(22)26(24)21-10-11-23-25-19(13-15-36-23)12-14-33-28(21)25/h8-12,14,16,29H,7,13,15H2,1-6H3. The van der Waals surface area contributed by atoms with Crippen molar-refractivity contribution in [3.8, 4) is 16.9 Å². The number of hydrogen-bond acceptors (Lipinski definition) is 5. The first kappa shape index (κ1) is 25.2. The predicted molar refractivity (Wildman–Crippen MR) is 144 cm³/mol. The molecule has 0 spiro atoms. The fraction of sp³-hybridized carbons (Fsp3) is 0.355. The van der Waals surface area contributed by atoms with Crippen molar-refractivity contribution in [1.82, 2.24) is 4.98 Å². The molecule has 2 heterocycles. The van der Waals surface area contributed by atoms with Gasteiger partial charge in [-0.3, -0.25) is 4.98 Å². The number of nitrogens with zero attached hydrogens (tertiary/aromatic N) is 1. The summed E-state index contributed by atoms with van der Waals surface area (Å²) < 4.78 is 33.8. The molecule has 5 rings (SSSR count). The summed E-state index contributed by atoms with van der Waals surface area (Å²) >= 11 is 0. The fourth-order valence-electron chi connectivity index (χ4n) is 5.23. The van der Waals surface area contributed by atoms with E-state index in [0.717, 1.165) is 45.3 Å². The molecule has 1 aliphatic rings. The van der Waals surface area contributed by atoms with Crippen LogP contribution in [0.2, 0.25) is 0 Å². The second kappa shape index (κ2) is 9.42. The van der Waals surface area contributed by atoms with Crippen LogP contribution in [0.4, 0.5) is 4.39 Å². The van der Waals surface area contributed by atoms with Crippen LogP contribution in [0.25, 0.3) is 32.8 Å². The summed E-state index contributed by atoms with van der Waals surface area (Å²) in [6.45, 7) is 11.8. The van der Waals surface area contributed by atoms with E-state index in [-0.39, 0.29) is 12.4 Å². The highest BCUT2D eigenvalue weighted by Crippen LogP contribution is 2.46. The number of benzene rings is 3. The van der Waals surface area contributed by atoms with Crippen LogP contribution in [0.3, 0.4) is 0 Å². The molecule has 1 aromatic heterocycles. The first-order chi connectivity index (χ1) is 17.6. The summed E-state index contributed by atoms with van der Waals surface area (Å²) in [6, 6.07) is 11.6. The molecule has 1 aliphatic heterocycles. The van der Waals surface area contributed by atoms with E-state index in [0.29, 0.717) is 28.5 Å². The molecule has 0 N–H and O–H groups in total. The molecule has 192 valence electrons. The van der Waals surface area contributed by atoms with Gasteiger partial charge in [-0.2, -0.15) is 0 Å². The molecule has 0 radical (unpaired) electrons. The Bertz CT molecular complexity index is 1530. The summed E-state index contributed by atoms with van der Waals surface area (Å²) in [5, 5.41) is 2.13. The second-order valence-electron chi connectivity index (χ2n) is 10.5. The quantitative estimate of drug-likeness (QED) is 0.272. The summed E-state index contributed by atoms with van der Waals surface area (Å²) in [5.74, 6) is -0.142.